The molecule has 0 aliphatic heterocycles. The number of rotatable bonds is 11. The van der Waals surface area contributed by atoms with Crippen LogP contribution >= 0.6 is 31.0 Å². The molecule has 5 rings (SSSR count). The van der Waals surface area contributed by atoms with Crippen molar-refractivity contribution < 1.29 is 37.4 Å². The number of benzene rings is 3. The molecule has 1 N–H and O–H groups in total. The van der Waals surface area contributed by atoms with Gasteiger partial charge in [0, 0.05) is 13.0 Å². The average Bonchev–Trinajstić information content (AvgIpc) is 3.53. The summed E-state index contributed by atoms with van der Waals surface area (Å²) < 4.78 is 36.4. The molecule has 0 saturated carbocycles. The second-order valence-corrected chi connectivity index (χ2v) is 11.9. The number of aromatic hydroxyl groups is 1. The van der Waals surface area contributed by atoms with Crippen LogP contribution < -0.4 is 9.25 Å². The van der Waals surface area contributed by atoms with Crippen molar-refractivity contribution in [2.75, 3.05) is 0 Å². The molecule has 0 spiro atoms. The summed E-state index contributed by atoms with van der Waals surface area (Å²) in [5.74, 6) is -1.99. The van der Waals surface area contributed by atoms with E-state index in [1.165, 1.54) is 6.92 Å². The first-order valence-corrected chi connectivity index (χ1v) is 15.3. The minimum absolute atomic E-state index is 0.0788. The van der Waals surface area contributed by atoms with Crippen LogP contribution in [-0.4, -0.2) is 20.2 Å². The van der Waals surface area contributed by atoms with Crippen LogP contribution in [0.2, 0.25) is 10.2 Å². The standard InChI is InChI=1S/C29H23Cl2N4O9P/c1-17-24(27(31)34(37)18(2)25(17)30)28-32-29(43-33-28)21-13-22(35(38)39)26(36)23(14-21)44-45(40,41-15-19-9-5-3-6-10-19)42-16-20-11-7-4-8-12-20/h3-14,36H,15-16H2,1-2H3. The smallest absolute Gasteiger partial charge is 0.530 e. The Labute approximate surface area is 265 Å². The Bertz CT molecular complexity index is 1850. The van der Waals surface area contributed by atoms with Crippen molar-refractivity contribution in [2.24, 2.45) is 0 Å². The van der Waals surface area contributed by atoms with Crippen LogP contribution in [0.1, 0.15) is 22.4 Å². The fraction of sp³-hybridized carbons (Fsp3) is 0.138. The van der Waals surface area contributed by atoms with Crippen molar-refractivity contribution in [2.45, 2.75) is 27.1 Å². The van der Waals surface area contributed by atoms with Gasteiger partial charge in [-0.3, -0.25) is 19.2 Å². The number of nitro benzene ring substituents is 1. The second-order valence-electron chi connectivity index (χ2n) is 9.56. The molecule has 232 valence electrons. The number of nitrogens with zero attached hydrogens (tertiary/aromatic N) is 4. The van der Waals surface area contributed by atoms with Crippen LogP contribution in [0.3, 0.4) is 0 Å². The summed E-state index contributed by atoms with van der Waals surface area (Å²) in [5.41, 5.74) is 0.975. The fourth-order valence-electron chi connectivity index (χ4n) is 4.17. The van der Waals surface area contributed by atoms with Gasteiger partial charge in [0.15, 0.2) is 5.75 Å². The summed E-state index contributed by atoms with van der Waals surface area (Å²) in [7, 11) is -4.55. The van der Waals surface area contributed by atoms with E-state index in [9.17, 15) is 25.0 Å². The molecule has 2 heterocycles. The van der Waals surface area contributed by atoms with E-state index in [1.807, 2.05) is 0 Å². The maximum absolute atomic E-state index is 13.9. The Hall–Kier alpha value is -4.52. The highest BCUT2D eigenvalue weighted by Crippen LogP contribution is 2.54. The molecule has 3 aromatic carbocycles. The van der Waals surface area contributed by atoms with Crippen LogP contribution in [-0.2, 0) is 26.8 Å². The van der Waals surface area contributed by atoms with E-state index in [4.69, 9.17) is 41.3 Å². The first kappa shape index (κ1) is 31.9. The Morgan fingerprint density at radius 3 is 2.13 bits per heavy atom. The fourth-order valence-corrected chi connectivity index (χ4v) is 5.87. The van der Waals surface area contributed by atoms with E-state index in [0.29, 0.717) is 21.4 Å². The van der Waals surface area contributed by atoms with E-state index in [-0.39, 0.29) is 51.9 Å². The molecule has 2 aromatic heterocycles. The van der Waals surface area contributed by atoms with Gasteiger partial charge in [-0.05, 0) is 41.3 Å². The number of nitro groups is 1. The van der Waals surface area contributed by atoms with Crippen LogP contribution in [0.5, 0.6) is 11.5 Å². The topological polar surface area (TPSA) is 174 Å². The second kappa shape index (κ2) is 13.2. The van der Waals surface area contributed by atoms with E-state index >= 15 is 0 Å². The Morgan fingerprint density at radius 1 is 1.00 bits per heavy atom. The van der Waals surface area contributed by atoms with Crippen molar-refractivity contribution in [3.8, 4) is 34.3 Å². The SMILES string of the molecule is Cc1c(Cl)c(C)[n+]([O-])c(Cl)c1-c1noc(-c2cc(OP(=O)(OCc3ccccc3)OCc3ccccc3)c(O)c([N+](=O)[O-])c2)n1. The van der Waals surface area contributed by atoms with Crippen LogP contribution in [0.4, 0.5) is 5.69 Å². The number of halogens is 2. The lowest BCUT2D eigenvalue weighted by Crippen LogP contribution is -2.33. The van der Waals surface area contributed by atoms with Crippen molar-refractivity contribution in [3.63, 3.8) is 0 Å². The largest absolute Gasteiger partial charge is 0.617 e. The quantitative estimate of drug-likeness (QED) is 0.0367. The van der Waals surface area contributed by atoms with Gasteiger partial charge in [0.05, 0.1) is 23.7 Å². The maximum atomic E-state index is 13.9. The number of hydrogen-bond donors (Lipinski definition) is 1. The summed E-state index contributed by atoms with van der Waals surface area (Å²) in [6, 6.07) is 19.5. The first-order valence-electron chi connectivity index (χ1n) is 13.1. The van der Waals surface area contributed by atoms with Crippen molar-refractivity contribution in [1.29, 1.82) is 0 Å². The van der Waals surface area contributed by atoms with Crippen molar-refractivity contribution >= 4 is 36.7 Å². The predicted molar refractivity (Wildman–Crippen MR) is 163 cm³/mol. The normalized spacial score (nSPS) is 11.5. The van der Waals surface area contributed by atoms with Gasteiger partial charge in [-0.2, -0.15) is 9.71 Å². The average molecular weight is 673 g/mol. The molecule has 0 aliphatic carbocycles. The first-order chi connectivity index (χ1) is 21.5. The highest BCUT2D eigenvalue weighted by atomic mass is 35.5. The molecule has 0 radical (unpaired) electrons. The lowest BCUT2D eigenvalue weighted by Gasteiger charge is -2.19. The summed E-state index contributed by atoms with van der Waals surface area (Å²) in [6.45, 7) is 2.68. The highest BCUT2D eigenvalue weighted by molar-refractivity contribution is 7.48. The van der Waals surface area contributed by atoms with E-state index in [1.54, 1.807) is 67.6 Å². The number of hydrogen-bond acceptors (Lipinski definition) is 11. The molecular weight excluding hydrogens is 650 g/mol. The third kappa shape index (κ3) is 6.93. The molecule has 0 amide bonds. The molecule has 0 bridgehead atoms. The van der Waals surface area contributed by atoms with Crippen molar-refractivity contribution in [3.05, 3.63) is 121 Å². The Morgan fingerprint density at radius 2 is 1.58 bits per heavy atom. The molecule has 0 atom stereocenters. The summed E-state index contributed by atoms with van der Waals surface area (Å²) in [5, 5.41) is 38.9. The van der Waals surface area contributed by atoms with Gasteiger partial charge in [-0.15, -0.1) is 0 Å². The Kier molecular flexibility index (Phi) is 9.37. The molecule has 0 saturated heterocycles. The zero-order chi connectivity index (χ0) is 32.3. The van der Waals surface area contributed by atoms with E-state index in [2.05, 4.69) is 10.1 Å². The number of phosphoric ester groups is 1. The van der Waals surface area contributed by atoms with Gasteiger partial charge in [0.25, 0.3) is 11.0 Å². The molecule has 0 fully saturated rings. The number of phenolic OH excluding ortho intramolecular Hbond substituents is 1. The Balaban J connectivity index is 1.53. The van der Waals surface area contributed by atoms with Gasteiger partial charge >= 0.3 is 13.5 Å². The zero-order valence-electron chi connectivity index (χ0n) is 23.5. The monoisotopic (exact) mass is 672 g/mol. The number of pyridine rings is 1. The van der Waals surface area contributed by atoms with Crippen molar-refractivity contribution in [1.82, 2.24) is 10.1 Å². The van der Waals surface area contributed by atoms with Gasteiger partial charge in [-0.1, -0.05) is 77.4 Å². The number of phenols is 1. The third-order valence-electron chi connectivity index (χ3n) is 6.53. The summed E-state index contributed by atoms with van der Waals surface area (Å²) in [4.78, 5) is 15.2. The van der Waals surface area contributed by atoms with Crippen LogP contribution in [0.15, 0.2) is 77.3 Å². The van der Waals surface area contributed by atoms with Gasteiger partial charge in [0.2, 0.25) is 17.3 Å². The molecule has 45 heavy (non-hydrogen) atoms. The lowest BCUT2D eigenvalue weighted by atomic mass is 10.1. The molecular formula is C29H23Cl2N4O9P. The van der Waals surface area contributed by atoms with E-state index in [0.717, 1.165) is 12.1 Å². The summed E-state index contributed by atoms with van der Waals surface area (Å²) >= 11 is 12.6. The lowest BCUT2D eigenvalue weighted by molar-refractivity contribution is -0.609. The number of aromatic nitrogens is 3. The minimum atomic E-state index is -4.55. The van der Waals surface area contributed by atoms with Gasteiger partial charge < -0.3 is 19.4 Å². The van der Waals surface area contributed by atoms with Crippen LogP contribution in [0, 0.1) is 29.2 Å². The maximum Gasteiger partial charge on any atom is 0.530 e. The molecule has 0 aliphatic rings. The highest BCUT2D eigenvalue weighted by Gasteiger charge is 2.34. The third-order valence-corrected chi connectivity index (χ3v) is 8.74. The molecule has 5 aromatic rings. The van der Waals surface area contributed by atoms with Gasteiger partial charge in [-0.25, -0.2) is 4.57 Å². The zero-order valence-corrected chi connectivity index (χ0v) is 26.0. The van der Waals surface area contributed by atoms with Crippen LogP contribution in [0.25, 0.3) is 22.8 Å². The predicted octanol–water partition coefficient (Wildman–Crippen LogP) is 7.49. The van der Waals surface area contributed by atoms with Gasteiger partial charge in [0.1, 0.15) is 10.6 Å². The molecule has 16 heteroatoms. The van der Waals surface area contributed by atoms with E-state index < -0.39 is 29.9 Å². The molecule has 0 unspecified atom stereocenters. The molecule has 13 nitrogen and oxygen atoms in total. The minimum Gasteiger partial charge on any atom is -0.617 e. The summed E-state index contributed by atoms with van der Waals surface area (Å²) in [6.07, 6.45) is 0. The number of phosphoric acid groups is 1.